The van der Waals surface area contributed by atoms with E-state index >= 15 is 0 Å². The summed E-state index contributed by atoms with van der Waals surface area (Å²) < 4.78 is 0.672. The lowest BCUT2D eigenvalue weighted by Gasteiger charge is -2.32. The molecule has 0 aliphatic carbocycles. The summed E-state index contributed by atoms with van der Waals surface area (Å²) in [5.74, 6) is -1.50. The molecule has 0 spiro atoms. The number of rotatable bonds is 8. The monoisotopic (exact) mass is 270 g/mol. The van der Waals surface area contributed by atoms with Gasteiger partial charge in [-0.2, -0.15) is 0 Å². The summed E-state index contributed by atoms with van der Waals surface area (Å²) in [6.45, 7) is 9.12. The molecule has 1 unspecified atom stereocenters. The molecule has 1 amide bonds. The van der Waals surface area contributed by atoms with Gasteiger partial charge in [-0.1, -0.05) is 13.5 Å². The van der Waals surface area contributed by atoms with Crippen LogP contribution in [0.15, 0.2) is 12.2 Å². The van der Waals surface area contributed by atoms with Gasteiger partial charge in [-0.25, -0.2) is 0 Å². The van der Waals surface area contributed by atoms with E-state index in [1.54, 1.807) is 25.8 Å². The number of aliphatic carboxylic acids is 1. The Morgan fingerprint density at radius 2 is 1.84 bits per heavy atom. The van der Waals surface area contributed by atoms with Crippen LogP contribution in [0.25, 0.3) is 0 Å². The van der Waals surface area contributed by atoms with Crippen molar-refractivity contribution in [2.75, 3.05) is 40.8 Å². The van der Waals surface area contributed by atoms with Crippen molar-refractivity contribution in [3.05, 3.63) is 12.2 Å². The van der Waals surface area contributed by atoms with Crippen LogP contribution in [0.1, 0.15) is 20.3 Å². The molecule has 1 atom stereocenters. The Bertz CT molecular complexity index is 351. The summed E-state index contributed by atoms with van der Waals surface area (Å²) >= 11 is 0. The molecule has 0 saturated carbocycles. The Morgan fingerprint density at radius 3 is 2.26 bits per heavy atom. The highest BCUT2D eigenvalue weighted by molar-refractivity contribution is 5.91. The second kappa shape index (κ2) is 7.28. The van der Waals surface area contributed by atoms with Gasteiger partial charge in [-0.05, 0) is 6.92 Å². The fraction of sp³-hybridized carbons (Fsp3) is 0.714. The Labute approximate surface area is 116 Å². The molecule has 0 saturated heterocycles. The van der Waals surface area contributed by atoms with E-state index < -0.39 is 11.9 Å². The maximum absolute atomic E-state index is 11.6. The number of carboxylic acids is 1. The van der Waals surface area contributed by atoms with Gasteiger partial charge in [0.05, 0.1) is 33.7 Å². The average molecular weight is 270 g/mol. The van der Waals surface area contributed by atoms with Gasteiger partial charge in [0.25, 0.3) is 0 Å². The fourth-order valence-electron chi connectivity index (χ4n) is 1.62. The first-order valence-electron chi connectivity index (χ1n) is 6.50. The molecule has 0 N–H and O–H groups in total. The number of carbonyl (C=O) groups is 2. The molecule has 0 aromatic carbocycles. The summed E-state index contributed by atoms with van der Waals surface area (Å²) in [5, 5.41) is 10.7. The van der Waals surface area contributed by atoms with Crippen LogP contribution in [0, 0.1) is 5.92 Å². The number of nitrogens with zero attached hydrogens (tertiary/aromatic N) is 2. The van der Waals surface area contributed by atoms with Crippen molar-refractivity contribution < 1.29 is 19.2 Å². The molecule has 0 radical (unpaired) electrons. The highest BCUT2D eigenvalue weighted by Gasteiger charge is 2.19. The summed E-state index contributed by atoms with van der Waals surface area (Å²) in [7, 11) is 5.81. The third-order valence-electron chi connectivity index (χ3n) is 3.32. The number of hydrogen-bond donors (Lipinski definition) is 0. The highest BCUT2D eigenvalue weighted by Crippen LogP contribution is 2.07. The molecule has 0 aliphatic rings. The predicted octanol–water partition coefficient (Wildman–Crippen LogP) is -0.127. The molecule has 0 rings (SSSR count). The van der Waals surface area contributed by atoms with E-state index in [1.807, 2.05) is 14.1 Å². The number of carboxylic acid groups (broad SMARTS) is 1. The zero-order chi connectivity index (χ0) is 15.2. The fourth-order valence-corrected chi connectivity index (χ4v) is 1.62. The number of likely N-dealkylation sites (N-methyl/N-ethyl adjacent to an activating group) is 2. The molecule has 0 fully saturated rings. The van der Waals surface area contributed by atoms with Gasteiger partial charge in [-0.15, -0.1) is 0 Å². The van der Waals surface area contributed by atoms with Crippen molar-refractivity contribution in [2.24, 2.45) is 5.92 Å². The Hall–Kier alpha value is -1.36. The lowest BCUT2D eigenvalue weighted by Crippen LogP contribution is -2.47. The molecule has 5 nitrogen and oxygen atoms in total. The second-order valence-electron chi connectivity index (χ2n) is 5.90. The Balaban J connectivity index is 4.20. The maximum atomic E-state index is 11.6. The Kier molecular flexibility index (Phi) is 6.76. The van der Waals surface area contributed by atoms with Crippen molar-refractivity contribution in [3.8, 4) is 0 Å². The molecular formula is C14H26N2O3. The SMILES string of the molecule is C=C(C)C(=O)N(C)CC[N+](C)(C)CCC(C)C(=O)[O-]. The molecule has 0 aromatic heterocycles. The van der Waals surface area contributed by atoms with Gasteiger partial charge in [0, 0.05) is 30.9 Å². The molecule has 0 aliphatic heterocycles. The van der Waals surface area contributed by atoms with Gasteiger partial charge >= 0.3 is 0 Å². The van der Waals surface area contributed by atoms with Crippen molar-refractivity contribution in [1.29, 1.82) is 0 Å². The number of quaternary nitrogens is 1. The topological polar surface area (TPSA) is 60.4 Å². The van der Waals surface area contributed by atoms with Crippen molar-refractivity contribution in [1.82, 2.24) is 4.90 Å². The first-order chi connectivity index (χ1) is 8.57. The first kappa shape index (κ1) is 17.6. The van der Waals surface area contributed by atoms with Crippen molar-refractivity contribution >= 4 is 11.9 Å². The van der Waals surface area contributed by atoms with Crippen LogP contribution in [0.3, 0.4) is 0 Å². The molecule has 19 heavy (non-hydrogen) atoms. The van der Waals surface area contributed by atoms with E-state index in [1.165, 1.54) is 0 Å². The number of amides is 1. The zero-order valence-corrected chi connectivity index (χ0v) is 12.7. The van der Waals surface area contributed by atoms with Gasteiger partial charge in [0.15, 0.2) is 0 Å². The zero-order valence-electron chi connectivity index (χ0n) is 12.7. The Morgan fingerprint density at radius 1 is 1.32 bits per heavy atom. The van der Waals surface area contributed by atoms with E-state index in [9.17, 15) is 14.7 Å². The molecule has 0 aromatic rings. The largest absolute Gasteiger partial charge is 0.550 e. The summed E-state index contributed by atoms with van der Waals surface area (Å²) in [6.07, 6.45) is 0.577. The van der Waals surface area contributed by atoms with Crippen LogP contribution in [-0.4, -0.2) is 62.0 Å². The van der Waals surface area contributed by atoms with Gasteiger partial charge < -0.3 is 19.3 Å². The van der Waals surface area contributed by atoms with Crippen LogP contribution < -0.4 is 5.11 Å². The summed E-state index contributed by atoms with van der Waals surface area (Å²) in [4.78, 5) is 24.0. The number of carbonyl (C=O) groups excluding carboxylic acids is 2. The number of hydrogen-bond acceptors (Lipinski definition) is 3. The predicted molar refractivity (Wildman–Crippen MR) is 73.1 cm³/mol. The standard InChI is InChI=1S/C14H26N2O3/c1-11(2)13(17)15(4)8-10-16(5,6)9-7-12(3)14(18)19/h12H,1,7-10H2,2-6H3. The van der Waals surface area contributed by atoms with Crippen LogP contribution in [0.5, 0.6) is 0 Å². The molecule has 110 valence electrons. The van der Waals surface area contributed by atoms with E-state index in [4.69, 9.17) is 0 Å². The normalized spacial score (nSPS) is 12.9. The average Bonchev–Trinajstić information content (AvgIpc) is 2.31. The lowest BCUT2D eigenvalue weighted by molar-refractivity contribution is -0.890. The molecular weight excluding hydrogens is 244 g/mol. The van der Waals surface area contributed by atoms with Gasteiger partial charge in [-0.3, -0.25) is 4.79 Å². The summed E-state index contributed by atoms with van der Waals surface area (Å²) in [6, 6.07) is 0. The van der Waals surface area contributed by atoms with E-state index in [0.29, 0.717) is 23.0 Å². The molecule has 0 heterocycles. The third-order valence-corrected chi connectivity index (χ3v) is 3.32. The second-order valence-corrected chi connectivity index (χ2v) is 5.90. The minimum Gasteiger partial charge on any atom is -0.550 e. The van der Waals surface area contributed by atoms with Crippen LogP contribution in [0.4, 0.5) is 0 Å². The maximum Gasteiger partial charge on any atom is 0.248 e. The van der Waals surface area contributed by atoms with Gasteiger partial charge in [0.2, 0.25) is 5.91 Å². The van der Waals surface area contributed by atoms with Crippen LogP contribution in [0.2, 0.25) is 0 Å². The quantitative estimate of drug-likeness (QED) is 0.456. The van der Waals surface area contributed by atoms with Crippen molar-refractivity contribution in [3.63, 3.8) is 0 Å². The third kappa shape index (κ3) is 6.96. The minimum atomic E-state index is -1.01. The van der Waals surface area contributed by atoms with E-state index in [0.717, 1.165) is 13.1 Å². The smallest absolute Gasteiger partial charge is 0.248 e. The van der Waals surface area contributed by atoms with E-state index in [2.05, 4.69) is 6.58 Å². The van der Waals surface area contributed by atoms with E-state index in [-0.39, 0.29) is 5.91 Å². The molecule has 0 bridgehead atoms. The lowest BCUT2D eigenvalue weighted by atomic mass is 10.1. The van der Waals surface area contributed by atoms with Crippen LogP contribution in [-0.2, 0) is 9.59 Å². The van der Waals surface area contributed by atoms with Crippen molar-refractivity contribution in [2.45, 2.75) is 20.3 Å². The van der Waals surface area contributed by atoms with Crippen LogP contribution >= 0.6 is 0 Å². The first-order valence-corrected chi connectivity index (χ1v) is 6.50. The summed E-state index contributed by atoms with van der Waals surface area (Å²) in [5.41, 5.74) is 0.526. The molecule has 5 heteroatoms. The highest BCUT2D eigenvalue weighted by atomic mass is 16.4. The van der Waals surface area contributed by atoms with Gasteiger partial charge in [0.1, 0.15) is 0 Å². The minimum absolute atomic E-state index is 0.0527.